The van der Waals surface area contributed by atoms with Crippen LogP contribution < -0.4 is 10.6 Å². The van der Waals surface area contributed by atoms with Crippen LogP contribution in [-0.4, -0.2) is 22.8 Å². The average molecular weight is 323 g/mol. The molecule has 2 aromatic rings. The van der Waals surface area contributed by atoms with Crippen molar-refractivity contribution in [3.05, 3.63) is 28.5 Å². The summed E-state index contributed by atoms with van der Waals surface area (Å²) in [7, 11) is 0. The molecule has 0 aliphatic rings. The third-order valence-corrected chi connectivity index (χ3v) is 4.60. The Hall–Kier alpha value is -1.27. The highest BCUT2D eigenvalue weighted by atomic mass is 32.2. The summed E-state index contributed by atoms with van der Waals surface area (Å²) in [6.45, 7) is 5.25. The number of nitrogens with one attached hydrogen (secondary N) is 2. The molecule has 2 N–H and O–H groups in total. The molecular weight excluding hydrogens is 300 g/mol. The molecule has 0 bridgehead atoms. The predicted octanol–water partition coefficient (Wildman–Crippen LogP) is 4.65. The van der Waals surface area contributed by atoms with Crippen LogP contribution in [0.4, 0.5) is 11.6 Å². The minimum atomic E-state index is 0.300. The van der Waals surface area contributed by atoms with Crippen LogP contribution in [0.25, 0.3) is 0 Å². The second-order valence-corrected chi connectivity index (χ2v) is 6.43. The number of hydrogen-bond acceptors (Lipinski definition) is 6. The van der Waals surface area contributed by atoms with Gasteiger partial charge in [-0.25, -0.2) is 9.97 Å². The summed E-state index contributed by atoms with van der Waals surface area (Å²) in [5, 5.41) is 9.77. The largest absolute Gasteiger partial charge is 0.370 e. The highest BCUT2D eigenvalue weighted by Crippen LogP contribution is 2.27. The fourth-order valence-electron chi connectivity index (χ4n) is 1.98. The van der Waals surface area contributed by atoms with Crippen LogP contribution in [0.15, 0.2) is 28.7 Å². The van der Waals surface area contributed by atoms with Gasteiger partial charge < -0.3 is 10.6 Å². The lowest BCUT2D eigenvalue weighted by Crippen LogP contribution is -2.11. The minimum Gasteiger partial charge on any atom is -0.370 e. The summed E-state index contributed by atoms with van der Waals surface area (Å²) in [6, 6.07) is 6.55. The fourth-order valence-corrected chi connectivity index (χ4v) is 3.22. The zero-order valence-corrected chi connectivity index (χ0v) is 14.4. The van der Waals surface area contributed by atoms with Gasteiger partial charge in [0.05, 0.1) is 6.04 Å². The highest BCUT2D eigenvalue weighted by molar-refractivity contribution is 7.98. The van der Waals surface area contributed by atoms with Gasteiger partial charge in [0.25, 0.3) is 0 Å². The van der Waals surface area contributed by atoms with Crippen molar-refractivity contribution in [3.8, 4) is 0 Å². The van der Waals surface area contributed by atoms with E-state index >= 15 is 0 Å². The van der Waals surface area contributed by atoms with Crippen molar-refractivity contribution in [2.75, 3.05) is 23.4 Å². The van der Waals surface area contributed by atoms with Crippen LogP contribution in [0.2, 0.25) is 0 Å². The standard InChI is InChI=1S/C15H22N4S2/c1-4-8-16-13-10-14(19-15(18-13)20-3)17-11(5-2)12-7-6-9-21-12/h6-7,9-11H,4-5,8H2,1-3H3,(H2,16,17,18,19). The molecule has 1 unspecified atom stereocenters. The van der Waals surface area contributed by atoms with Gasteiger partial charge in [-0.05, 0) is 30.5 Å². The van der Waals surface area contributed by atoms with E-state index in [4.69, 9.17) is 0 Å². The lowest BCUT2D eigenvalue weighted by molar-refractivity contribution is 0.753. The topological polar surface area (TPSA) is 49.8 Å². The second kappa shape index (κ2) is 8.24. The van der Waals surface area contributed by atoms with Gasteiger partial charge in [0, 0.05) is 17.5 Å². The maximum atomic E-state index is 4.56. The van der Waals surface area contributed by atoms with E-state index in [2.05, 4.69) is 52.0 Å². The summed E-state index contributed by atoms with van der Waals surface area (Å²) in [4.78, 5) is 10.4. The molecule has 21 heavy (non-hydrogen) atoms. The Morgan fingerprint density at radius 3 is 2.71 bits per heavy atom. The first-order valence-electron chi connectivity index (χ1n) is 7.23. The van der Waals surface area contributed by atoms with E-state index in [-0.39, 0.29) is 0 Å². The molecule has 0 saturated heterocycles. The Morgan fingerprint density at radius 1 is 1.29 bits per heavy atom. The minimum absolute atomic E-state index is 0.300. The van der Waals surface area contributed by atoms with Crippen molar-refractivity contribution >= 4 is 34.7 Å². The molecule has 2 aromatic heterocycles. The van der Waals surface area contributed by atoms with Gasteiger partial charge in [0.2, 0.25) is 0 Å². The van der Waals surface area contributed by atoms with Gasteiger partial charge >= 0.3 is 0 Å². The molecule has 0 spiro atoms. The molecule has 2 rings (SSSR count). The smallest absolute Gasteiger partial charge is 0.191 e. The number of thioether (sulfide) groups is 1. The molecular formula is C15H22N4S2. The van der Waals surface area contributed by atoms with Crippen LogP contribution in [0.3, 0.4) is 0 Å². The molecule has 1 atom stereocenters. The Labute approximate surface area is 134 Å². The molecule has 0 fully saturated rings. The summed E-state index contributed by atoms with van der Waals surface area (Å²) < 4.78 is 0. The zero-order chi connectivity index (χ0) is 15.1. The molecule has 0 aliphatic carbocycles. The van der Waals surface area contributed by atoms with Crippen molar-refractivity contribution < 1.29 is 0 Å². The molecule has 114 valence electrons. The lowest BCUT2D eigenvalue weighted by Gasteiger charge is -2.17. The number of anilines is 2. The normalized spacial score (nSPS) is 12.1. The number of nitrogens with zero attached hydrogens (tertiary/aromatic N) is 2. The molecule has 0 radical (unpaired) electrons. The predicted molar refractivity (Wildman–Crippen MR) is 93.6 cm³/mol. The van der Waals surface area contributed by atoms with E-state index in [1.165, 1.54) is 4.88 Å². The van der Waals surface area contributed by atoms with Gasteiger partial charge in [0.1, 0.15) is 11.6 Å². The summed E-state index contributed by atoms with van der Waals surface area (Å²) >= 11 is 3.34. The molecule has 0 aliphatic heterocycles. The van der Waals surface area contributed by atoms with E-state index in [1.807, 2.05) is 12.3 Å². The van der Waals surface area contributed by atoms with Gasteiger partial charge in [-0.15, -0.1) is 11.3 Å². The van der Waals surface area contributed by atoms with Crippen molar-refractivity contribution in [3.63, 3.8) is 0 Å². The van der Waals surface area contributed by atoms with Gasteiger partial charge in [-0.1, -0.05) is 31.7 Å². The Balaban J connectivity index is 2.17. The maximum absolute atomic E-state index is 4.56. The first-order valence-corrected chi connectivity index (χ1v) is 9.34. The van der Waals surface area contributed by atoms with Gasteiger partial charge in [-0.2, -0.15) is 0 Å². The molecule has 0 saturated carbocycles. The van der Waals surface area contributed by atoms with E-state index < -0.39 is 0 Å². The monoisotopic (exact) mass is 322 g/mol. The van der Waals surface area contributed by atoms with Crippen molar-refractivity contribution in [1.82, 2.24) is 9.97 Å². The Morgan fingerprint density at radius 2 is 2.10 bits per heavy atom. The Kier molecular flexibility index (Phi) is 6.32. The molecule has 6 heteroatoms. The van der Waals surface area contributed by atoms with Crippen LogP contribution in [0.1, 0.15) is 37.6 Å². The summed E-state index contributed by atoms with van der Waals surface area (Å²) in [6.07, 6.45) is 4.10. The van der Waals surface area contributed by atoms with E-state index in [0.29, 0.717) is 6.04 Å². The molecule has 2 heterocycles. The van der Waals surface area contributed by atoms with Gasteiger partial charge in [-0.3, -0.25) is 0 Å². The quantitative estimate of drug-likeness (QED) is 0.547. The maximum Gasteiger partial charge on any atom is 0.191 e. The lowest BCUT2D eigenvalue weighted by atomic mass is 10.2. The summed E-state index contributed by atoms with van der Waals surface area (Å²) in [5.74, 6) is 1.77. The Bertz CT molecular complexity index is 543. The SMILES string of the molecule is CCCNc1cc(NC(CC)c2cccs2)nc(SC)n1. The highest BCUT2D eigenvalue weighted by Gasteiger charge is 2.12. The van der Waals surface area contributed by atoms with Crippen LogP contribution in [0, 0.1) is 0 Å². The van der Waals surface area contributed by atoms with Crippen molar-refractivity contribution in [2.45, 2.75) is 37.9 Å². The number of aromatic nitrogens is 2. The van der Waals surface area contributed by atoms with E-state index in [0.717, 1.165) is 36.2 Å². The third kappa shape index (κ3) is 4.61. The zero-order valence-electron chi connectivity index (χ0n) is 12.7. The van der Waals surface area contributed by atoms with Crippen LogP contribution in [-0.2, 0) is 0 Å². The molecule has 0 aromatic carbocycles. The van der Waals surface area contributed by atoms with Crippen molar-refractivity contribution in [1.29, 1.82) is 0 Å². The average Bonchev–Trinajstić information content (AvgIpc) is 3.04. The number of thiophene rings is 1. The fraction of sp³-hybridized carbons (Fsp3) is 0.467. The number of rotatable bonds is 8. The molecule has 4 nitrogen and oxygen atoms in total. The second-order valence-electron chi connectivity index (χ2n) is 4.67. The summed E-state index contributed by atoms with van der Waals surface area (Å²) in [5.41, 5.74) is 0. The van der Waals surface area contributed by atoms with Crippen LogP contribution in [0.5, 0.6) is 0 Å². The van der Waals surface area contributed by atoms with Crippen molar-refractivity contribution in [2.24, 2.45) is 0 Å². The third-order valence-electron chi connectivity index (χ3n) is 3.06. The van der Waals surface area contributed by atoms with Gasteiger partial charge in [0.15, 0.2) is 5.16 Å². The van der Waals surface area contributed by atoms with E-state index in [9.17, 15) is 0 Å². The first kappa shape index (κ1) is 16.1. The number of hydrogen-bond donors (Lipinski definition) is 2. The van der Waals surface area contributed by atoms with Crippen LogP contribution >= 0.6 is 23.1 Å². The van der Waals surface area contributed by atoms with E-state index in [1.54, 1.807) is 23.1 Å². The first-order chi connectivity index (χ1) is 10.3. The molecule has 0 amide bonds.